The Kier molecular flexibility index (Phi) is 3.50. The number of nitrogens with one attached hydrogen (secondary N) is 1. The van der Waals surface area contributed by atoms with Gasteiger partial charge >= 0.3 is 0 Å². The van der Waals surface area contributed by atoms with Crippen molar-refractivity contribution in [2.24, 2.45) is 7.05 Å². The maximum Gasteiger partial charge on any atom is 0.224 e. The summed E-state index contributed by atoms with van der Waals surface area (Å²) in [5, 5.41) is 6.65. The van der Waals surface area contributed by atoms with Gasteiger partial charge in [0.25, 0.3) is 0 Å². The van der Waals surface area contributed by atoms with Gasteiger partial charge in [-0.2, -0.15) is 5.10 Å². The number of nitrogens with two attached hydrogens (primary N) is 1. The van der Waals surface area contributed by atoms with Crippen molar-refractivity contribution in [1.82, 2.24) is 9.78 Å². The second kappa shape index (κ2) is 4.64. The van der Waals surface area contributed by atoms with E-state index in [1.54, 1.807) is 13.2 Å². The van der Waals surface area contributed by atoms with Crippen molar-refractivity contribution in [2.75, 3.05) is 11.1 Å². The summed E-state index contributed by atoms with van der Waals surface area (Å²) in [5.74, 6) is 0.474. The van der Waals surface area contributed by atoms with Crippen LogP contribution in [0, 0.1) is 0 Å². The predicted octanol–water partition coefficient (Wildman–Crippen LogP) is 1.13. The van der Waals surface area contributed by atoms with Gasteiger partial charge in [-0.3, -0.25) is 9.48 Å². The molecule has 0 fully saturated rings. The molecule has 0 aliphatic heterocycles. The van der Waals surface area contributed by atoms with Crippen LogP contribution in [0.3, 0.4) is 0 Å². The van der Waals surface area contributed by atoms with Gasteiger partial charge in [-0.1, -0.05) is 13.3 Å². The van der Waals surface area contributed by atoms with Gasteiger partial charge in [0.15, 0.2) is 0 Å². The molecule has 0 spiro atoms. The van der Waals surface area contributed by atoms with Crippen molar-refractivity contribution in [2.45, 2.75) is 26.2 Å². The normalized spacial score (nSPS) is 10.1. The Balaban J connectivity index is 2.52. The van der Waals surface area contributed by atoms with E-state index in [0.29, 0.717) is 17.9 Å². The van der Waals surface area contributed by atoms with E-state index in [0.717, 1.165) is 12.8 Å². The molecule has 5 heteroatoms. The quantitative estimate of drug-likeness (QED) is 0.758. The summed E-state index contributed by atoms with van der Waals surface area (Å²) < 4.78 is 1.52. The van der Waals surface area contributed by atoms with Crippen LogP contribution in [-0.4, -0.2) is 15.7 Å². The van der Waals surface area contributed by atoms with Gasteiger partial charge in [0.2, 0.25) is 5.91 Å². The van der Waals surface area contributed by atoms with Gasteiger partial charge in [-0.05, 0) is 6.42 Å². The second-order valence-corrected chi connectivity index (χ2v) is 3.22. The van der Waals surface area contributed by atoms with Crippen LogP contribution < -0.4 is 11.1 Å². The summed E-state index contributed by atoms with van der Waals surface area (Å²) in [4.78, 5) is 11.3. The molecule has 0 saturated carbocycles. The molecule has 0 aromatic carbocycles. The number of aryl methyl sites for hydroxylation is 1. The molecule has 1 aromatic heterocycles. The zero-order chi connectivity index (χ0) is 10.6. The average Bonchev–Trinajstić information content (AvgIpc) is 2.46. The lowest BCUT2D eigenvalue weighted by atomic mass is 10.2. The fraction of sp³-hybridized carbons (Fsp3) is 0.556. The number of nitrogen functional groups attached to an aromatic ring is 1. The average molecular weight is 196 g/mol. The molecule has 1 aromatic rings. The minimum Gasteiger partial charge on any atom is -0.382 e. The summed E-state index contributed by atoms with van der Waals surface area (Å²) in [6.45, 7) is 2.05. The molecule has 14 heavy (non-hydrogen) atoms. The van der Waals surface area contributed by atoms with Gasteiger partial charge in [0.1, 0.15) is 11.5 Å². The lowest BCUT2D eigenvalue weighted by Crippen LogP contribution is -2.12. The van der Waals surface area contributed by atoms with E-state index in [1.165, 1.54) is 4.68 Å². The lowest BCUT2D eigenvalue weighted by Gasteiger charge is -2.02. The Morgan fingerprint density at radius 3 is 2.93 bits per heavy atom. The first-order valence-electron chi connectivity index (χ1n) is 4.72. The van der Waals surface area contributed by atoms with E-state index in [2.05, 4.69) is 10.4 Å². The van der Waals surface area contributed by atoms with Crippen molar-refractivity contribution < 1.29 is 4.79 Å². The van der Waals surface area contributed by atoms with Gasteiger partial charge < -0.3 is 11.1 Å². The largest absolute Gasteiger partial charge is 0.382 e. The molecule has 1 rings (SSSR count). The maximum absolute atomic E-state index is 11.3. The third kappa shape index (κ3) is 2.48. The molecule has 5 nitrogen and oxygen atoms in total. The zero-order valence-corrected chi connectivity index (χ0v) is 8.58. The van der Waals surface area contributed by atoms with E-state index in [9.17, 15) is 4.79 Å². The van der Waals surface area contributed by atoms with Gasteiger partial charge in [0.05, 0.1) is 6.20 Å². The molecule has 0 aliphatic rings. The number of rotatable bonds is 4. The number of hydrogen-bond acceptors (Lipinski definition) is 3. The van der Waals surface area contributed by atoms with Crippen LogP contribution in [0.1, 0.15) is 26.2 Å². The number of amides is 1. The zero-order valence-electron chi connectivity index (χ0n) is 8.58. The van der Waals surface area contributed by atoms with E-state index in [4.69, 9.17) is 5.73 Å². The number of aromatic nitrogens is 2. The third-order valence-electron chi connectivity index (χ3n) is 2.02. The van der Waals surface area contributed by atoms with Crippen molar-refractivity contribution in [3.63, 3.8) is 0 Å². The van der Waals surface area contributed by atoms with Crippen LogP contribution >= 0.6 is 0 Å². The number of nitrogens with zero attached hydrogens (tertiary/aromatic N) is 2. The van der Waals surface area contributed by atoms with E-state index in [1.807, 2.05) is 6.92 Å². The molecule has 1 heterocycles. The first-order chi connectivity index (χ1) is 6.65. The predicted molar refractivity (Wildman–Crippen MR) is 55.8 cm³/mol. The minimum atomic E-state index is -0.00782. The highest BCUT2D eigenvalue weighted by Crippen LogP contribution is 2.16. The molecule has 1 amide bonds. The van der Waals surface area contributed by atoms with Crippen molar-refractivity contribution in [3.8, 4) is 0 Å². The fourth-order valence-electron chi connectivity index (χ4n) is 1.09. The first-order valence-corrected chi connectivity index (χ1v) is 4.72. The summed E-state index contributed by atoms with van der Waals surface area (Å²) >= 11 is 0. The molecule has 0 radical (unpaired) electrons. The highest BCUT2D eigenvalue weighted by molar-refractivity contribution is 5.93. The van der Waals surface area contributed by atoms with Crippen LogP contribution in [0.5, 0.6) is 0 Å². The lowest BCUT2D eigenvalue weighted by molar-refractivity contribution is -0.116. The molecule has 0 saturated heterocycles. The topological polar surface area (TPSA) is 72.9 Å². The number of anilines is 2. The highest BCUT2D eigenvalue weighted by Gasteiger charge is 2.07. The first kappa shape index (κ1) is 10.6. The van der Waals surface area contributed by atoms with Crippen LogP contribution in [-0.2, 0) is 11.8 Å². The number of carbonyl (C=O) groups excluding carboxylic acids is 1. The Hall–Kier alpha value is -1.52. The number of unbranched alkanes of at least 4 members (excludes halogenated alkanes) is 1. The van der Waals surface area contributed by atoms with Crippen LogP contribution in [0.15, 0.2) is 6.20 Å². The number of carbonyl (C=O) groups is 1. The summed E-state index contributed by atoms with van der Waals surface area (Å²) in [5.41, 5.74) is 6.26. The molecule has 0 unspecified atom stereocenters. The van der Waals surface area contributed by atoms with Crippen molar-refractivity contribution in [3.05, 3.63) is 6.20 Å². The van der Waals surface area contributed by atoms with Crippen molar-refractivity contribution in [1.29, 1.82) is 0 Å². The van der Waals surface area contributed by atoms with Crippen molar-refractivity contribution >= 4 is 17.4 Å². The van der Waals surface area contributed by atoms with Gasteiger partial charge in [0, 0.05) is 13.5 Å². The Morgan fingerprint density at radius 2 is 2.43 bits per heavy atom. The second-order valence-electron chi connectivity index (χ2n) is 3.22. The highest BCUT2D eigenvalue weighted by atomic mass is 16.1. The van der Waals surface area contributed by atoms with E-state index < -0.39 is 0 Å². The van der Waals surface area contributed by atoms with E-state index in [-0.39, 0.29) is 5.91 Å². The monoisotopic (exact) mass is 196 g/mol. The smallest absolute Gasteiger partial charge is 0.224 e. The maximum atomic E-state index is 11.3. The Labute approximate surface area is 83.3 Å². The fourth-order valence-corrected chi connectivity index (χ4v) is 1.09. The van der Waals surface area contributed by atoms with E-state index >= 15 is 0 Å². The van der Waals surface area contributed by atoms with Crippen LogP contribution in [0.4, 0.5) is 11.5 Å². The number of hydrogen-bond donors (Lipinski definition) is 2. The minimum absolute atomic E-state index is 0.00782. The Morgan fingerprint density at radius 1 is 1.71 bits per heavy atom. The summed E-state index contributed by atoms with van der Waals surface area (Å²) in [6, 6.07) is 0. The molecule has 0 atom stereocenters. The molecule has 0 aliphatic carbocycles. The molecule has 3 N–H and O–H groups in total. The van der Waals surface area contributed by atoms with Gasteiger partial charge in [-0.25, -0.2) is 0 Å². The molecule has 78 valence electrons. The molecular formula is C9H16N4O. The Bertz CT molecular complexity index is 319. The molecule has 0 bridgehead atoms. The van der Waals surface area contributed by atoms with Crippen LogP contribution in [0.2, 0.25) is 0 Å². The van der Waals surface area contributed by atoms with Crippen LogP contribution in [0.25, 0.3) is 0 Å². The van der Waals surface area contributed by atoms with Gasteiger partial charge in [-0.15, -0.1) is 0 Å². The summed E-state index contributed by atoms with van der Waals surface area (Å²) in [7, 11) is 1.73. The SMILES string of the molecule is CCCCC(=O)Nc1cnn(C)c1N. The standard InChI is InChI=1S/C9H16N4O/c1-3-4-5-8(14)12-7-6-11-13(2)9(7)10/h6H,3-5,10H2,1-2H3,(H,12,14). The molecular weight excluding hydrogens is 180 g/mol. The summed E-state index contributed by atoms with van der Waals surface area (Å²) in [6.07, 6.45) is 3.99. The third-order valence-corrected chi connectivity index (χ3v) is 2.02.